The number of rotatable bonds is 51. The Morgan fingerprint density at radius 2 is 1.25 bits per heavy atom. The Morgan fingerprint density at radius 3 is 1.86 bits per heavy atom. The van der Waals surface area contributed by atoms with Crippen molar-refractivity contribution in [2.45, 2.75) is 273 Å². The van der Waals surface area contributed by atoms with Crippen LogP contribution in [0.5, 0.6) is 0 Å². The van der Waals surface area contributed by atoms with E-state index in [9.17, 15) is 57.5 Å². The van der Waals surface area contributed by atoms with Gasteiger partial charge in [-0.1, -0.05) is 203 Å². The molecule has 2 aliphatic heterocycles. The SMILES string of the molecule is CCC(=O)[C@H](C)NC(=O)[C@@H](CC(=O)CCC(=O)N(CCOCCOCCC(=O)OC(C)(C)C)C1CCN(C(=O)CCn2c(CN(C)N(C)C(=O)OCC3c4ccccc4-c4ccccc43)cc3ccccc32)CC1)C(C)C.CC[C@H](C)[C@@H]([C@@H](CC(=O)N1CCC[C@H]1[C@H](OC)[C@@H](C)C(=O)N[C@@H](Cc1ccccc1)c1nccs1)OC)N(C)C(=O)[C@@H](NC(=O)[C@H](C(C)C)N(C)C(=O)OCc1ccc(C)cc1)C(C)C. The average molecular weight is 1980 g/mol. The Bertz CT molecular complexity index is 5220. The molecule has 5 aromatic carbocycles. The number of amides is 9. The van der Waals surface area contributed by atoms with Gasteiger partial charge in [0.2, 0.25) is 41.4 Å². The number of aryl methyl sites for hydroxylation is 2. The van der Waals surface area contributed by atoms with Crippen molar-refractivity contribution in [3.8, 4) is 11.1 Å². The van der Waals surface area contributed by atoms with Crippen LogP contribution in [0.15, 0.2) is 145 Å². The summed E-state index contributed by atoms with van der Waals surface area (Å²) in [4.78, 5) is 176. The highest BCUT2D eigenvalue weighted by Crippen LogP contribution is 2.45. The summed E-state index contributed by atoms with van der Waals surface area (Å²) in [7, 11) is 9.89. The maximum absolute atomic E-state index is 14.6. The van der Waals surface area contributed by atoms with Crippen LogP contribution in [0.1, 0.15) is 224 Å². The highest BCUT2D eigenvalue weighted by Gasteiger charge is 2.45. The minimum Gasteiger partial charge on any atom is -0.460 e. The molecule has 7 aromatic rings. The summed E-state index contributed by atoms with van der Waals surface area (Å²) in [6, 6.07) is 40.3. The summed E-state index contributed by atoms with van der Waals surface area (Å²) in [5.41, 5.74) is 8.94. The van der Waals surface area contributed by atoms with Crippen LogP contribution in [0.3, 0.4) is 0 Å². The summed E-state index contributed by atoms with van der Waals surface area (Å²) >= 11 is 1.49. The zero-order valence-electron chi connectivity index (χ0n) is 87.5. The summed E-state index contributed by atoms with van der Waals surface area (Å²) in [5.74, 6) is -4.53. The highest BCUT2D eigenvalue weighted by molar-refractivity contribution is 7.09. The van der Waals surface area contributed by atoms with Gasteiger partial charge in [-0.25, -0.2) is 24.6 Å². The van der Waals surface area contributed by atoms with Crippen molar-refractivity contribution >= 4 is 93.3 Å². The lowest BCUT2D eigenvalue weighted by Gasteiger charge is -2.41. The van der Waals surface area contributed by atoms with E-state index in [4.69, 9.17) is 33.2 Å². The Morgan fingerprint density at radius 1 is 0.613 bits per heavy atom. The molecule has 10 rings (SSSR count). The number of para-hydroxylation sites is 1. The maximum atomic E-state index is 14.6. The Labute approximate surface area is 844 Å². The first-order valence-corrected chi connectivity index (χ1v) is 51.3. The summed E-state index contributed by atoms with van der Waals surface area (Å²) in [6.45, 7) is 31.4. The standard InChI is InChI=1S/C60H82N6O11.C50H74N6O8S/c1-10-54(68)42(4)61-58(72)51(41(2)3)38-46(67)23-24-56(70)66(32-34-75-36-35-74-33-28-57(71)77-60(5,6)7)44-25-29-64(30-26-44)55(69)27-31-65-45(37-43-17-11-16-22-53(43)65)39-62(8)63(9)59(73)76-40-52-49-20-14-12-18-47(49)48-19-13-15-21-50(48)52;1-13-34(7)44(54(9)49(60)42(31(2)3)53-47(59)43(32(4)5)55(10)50(61)64-30-37-23-21-33(6)22-24-37)40(62-11)29-41(57)56-26-17-20-39(56)45(63-12)35(8)46(58)52-38(48-51-25-27-65-48)28-36-18-15-14-16-19-36/h11-22,37,41-42,44,51-52H,10,23-36,38-40H2,1-9H3,(H,61,72);14-16,18-19,21-25,27,31-32,34-35,38-40,42-45H,13,17,20,26,28-30H2,1-12H3,(H,52,58)(H,53,59)/t42-,51-;34-,35+,38-,39-,40+,42-,43-,44-,45+/m00/s1. The van der Waals surface area contributed by atoms with Crippen molar-refractivity contribution in [1.29, 1.82) is 0 Å². The van der Waals surface area contributed by atoms with Crippen molar-refractivity contribution in [1.82, 2.24) is 60.0 Å². The number of esters is 1. The van der Waals surface area contributed by atoms with Gasteiger partial charge in [-0.05, 0) is 141 Å². The number of thiazole rings is 1. The monoisotopic (exact) mass is 1980 g/mol. The lowest BCUT2D eigenvalue weighted by Crippen LogP contribution is -2.60. The minimum absolute atomic E-state index is 0.00744. The molecular formula is C110H156N12O19S. The zero-order chi connectivity index (χ0) is 104. The van der Waals surface area contributed by atoms with Crippen LogP contribution < -0.4 is 16.0 Å². The van der Waals surface area contributed by atoms with E-state index < -0.39 is 71.9 Å². The molecule has 2 saturated heterocycles. The molecule has 2 aromatic heterocycles. The van der Waals surface area contributed by atoms with E-state index in [0.29, 0.717) is 64.8 Å². The molecule has 31 nitrogen and oxygen atoms in total. The predicted octanol–water partition coefficient (Wildman–Crippen LogP) is 15.5. The van der Waals surface area contributed by atoms with Gasteiger partial charge in [0.15, 0.2) is 5.78 Å². The second-order valence-electron chi connectivity index (χ2n) is 39.9. The normalized spacial score (nSPS) is 15.9. The van der Waals surface area contributed by atoms with Crippen LogP contribution in [0.4, 0.5) is 9.59 Å². The van der Waals surface area contributed by atoms with E-state index in [1.54, 1.807) is 58.2 Å². The van der Waals surface area contributed by atoms with Gasteiger partial charge < -0.3 is 73.3 Å². The third-order valence-corrected chi connectivity index (χ3v) is 28.5. The van der Waals surface area contributed by atoms with Crippen molar-refractivity contribution in [3.05, 3.63) is 184 Å². The predicted molar refractivity (Wildman–Crippen MR) is 548 cm³/mol. The van der Waals surface area contributed by atoms with E-state index >= 15 is 0 Å². The van der Waals surface area contributed by atoms with Crippen molar-refractivity contribution in [3.63, 3.8) is 0 Å². The van der Waals surface area contributed by atoms with Crippen LogP contribution in [0, 0.1) is 42.4 Å². The number of carbonyl (C=O) groups is 12. The molecule has 11 atom stereocenters. The van der Waals surface area contributed by atoms with Crippen molar-refractivity contribution in [2.24, 2.45) is 35.5 Å². The van der Waals surface area contributed by atoms with Crippen LogP contribution in [0.25, 0.3) is 22.0 Å². The maximum Gasteiger partial charge on any atom is 0.424 e. The number of methoxy groups -OCH3 is 2. The third-order valence-electron chi connectivity index (χ3n) is 27.6. The molecule has 2 fully saturated rings. The molecule has 3 aliphatic rings. The molecule has 1 aliphatic carbocycles. The second-order valence-corrected chi connectivity index (χ2v) is 40.9. The Balaban J connectivity index is 0.000000322. The number of Topliss-reactive ketones (excluding diaryl/α,β-unsaturated/α-hetero) is 2. The van der Waals surface area contributed by atoms with Crippen LogP contribution in [-0.4, -0.2) is 271 Å². The molecule has 0 radical (unpaired) electrons. The number of aromatic nitrogens is 2. The first kappa shape index (κ1) is 114. The number of nitrogens with one attached hydrogen (secondary N) is 3. The number of fused-ring (bicyclic) bond motifs is 4. The summed E-state index contributed by atoms with van der Waals surface area (Å²) in [5, 5.41) is 16.0. The van der Waals surface area contributed by atoms with E-state index in [1.807, 2.05) is 220 Å². The van der Waals surface area contributed by atoms with E-state index in [-0.39, 0.29) is 192 Å². The van der Waals surface area contributed by atoms with Gasteiger partial charge in [-0.2, -0.15) is 0 Å². The minimum atomic E-state index is -0.938. The quantitative estimate of drug-likeness (QED) is 0.0138. The molecule has 142 heavy (non-hydrogen) atoms. The largest absolute Gasteiger partial charge is 0.460 e. The van der Waals surface area contributed by atoms with Crippen molar-refractivity contribution in [2.75, 3.05) is 102 Å². The average Bonchev–Trinajstić information content (AvgIpc) is 1.61. The zero-order valence-corrected chi connectivity index (χ0v) is 88.3. The Kier molecular flexibility index (Phi) is 44.7. The number of likely N-dealkylation sites (tertiary alicyclic amines) is 2. The number of nitrogens with zero attached hydrogens (tertiary/aromatic N) is 9. The van der Waals surface area contributed by atoms with Gasteiger partial charge in [0.05, 0.1) is 88.1 Å². The fourth-order valence-corrected chi connectivity index (χ4v) is 19.9. The van der Waals surface area contributed by atoms with Gasteiger partial charge in [0.25, 0.3) is 0 Å². The van der Waals surface area contributed by atoms with Gasteiger partial charge in [0, 0.05) is 148 Å². The first-order valence-electron chi connectivity index (χ1n) is 50.5. The Hall–Kier alpha value is -11.3. The molecule has 0 spiro atoms. The number of benzene rings is 5. The molecule has 9 amide bonds. The number of hydrazine groups is 1. The van der Waals surface area contributed by atoms with Gasteiger partial charge >= 0.3 is 18.2 Å². The van der Waals surface area contributed by atoms with E-state index in [1.165, 1.54) is 28.3 Å². The molecule has 32 heteroatoms. The fourth-order valence-electron chi connectivity index (χ4n) is 19.2. The van der Waals surface area contributed by atoms with Crippen LogP contribution in [0.2, 0.25) is 0 Å². The van der Waals surface area contributed by atoms with Gasteiger partial charge in [0.1, 0.15) is 41.7 Å². The number of piperidine rings is 1. The second kappa shape index (κ2) is 55.5. The topological polar surface area (TPSA) is 346 Å². The molecular weight excluding hydrogens is 1830 g/mol. The van der Waals surface area contributed by atoms with E-state index in [2.05, 4.69) is 55.8 Å². The third kappa shape index (κ3) is 32.4. The number of likely N-dealkylation sites (N-methyl/N-ethyl adjacent to an activating group) is 2. The van der Waals surface area contributed by atoms with Gasteiger partial charge in [-0.15, -0.1) is 11.3 Å². The number of ether oxygens (including phenoxy) is 7. The molecule has 3 N–H and O–H groups in total. The number of carbonyl (C=O) groups excluding carboxylic acids is 12. The first-order chi connectivity index (χ1) is 67.7. The molecule has 4 heterocycles. The number of ketones is 2. The summed E-state index contributed by atoms with van der Waals surface area (Å²) < 4.78 is 42.6. The molecule has 0 bridgehead atoms. The van der Waals surface area contributed by atoms with Crippen LogP contribution in [-0.2, 0) is 107 Å². The molecule has 776 valence electrons. The number of hydrogen-bond acceptors (Lipinski definition) is 22. The van der Waals surface area contributed by atoms with Crippen molar-refractivity contribution < 1.29 is 90.7 Å². The lowest BCUT2D eigenvalue weighted by atomic mass is 9.88. The summed E-state index contributed by atoms with van der Waals surface area (Å²) in [6.07, 6.45) is 3.60. The van der Waals surface area contributed by atoms with Crippen LogP contribution >= 0.6 is 11.3 Å². The van der Waals surface area contributed by atoms with Gasteiger partial charge in [-0.3, -0.25) is 52.8 Å². The number of hydrogen-bond donors (Lipinski definition) is 3. The molecule has 0 unspecified atom stereocenters. The lowest BCUT2D eigenvalue weighted by molar-refractivity contribution is -0.156. The molecule has 0 saturated carbocycles. The van der Waals surface area contributed by atoms with E-state index in [0.717, 1.165) is 67.0 Å². The fraction of sp³-hybridized carbons (Fsp3) is 0.573. The smallest absolute Gasteiger partial charge is 0.424 e. The highest BCUT2D eigenvalue weighted by atomic mass is 32.1.